The minimum Gasteiger partial charge on any atom is -0.506 e. The van der Waals surface area contributed by atoms with E-state index in [1.807, 2.05) is 0 Å². The summed E-state index contributed by atoms with van der Waals surface area (Å²) in [6, 6.07) is 1.23. The van der Waals surface area contributed by atoms with E-state index < -0.39 is 12.0 Å². The van der Waals surface area contributed by atoms with Crippen LogP contribution in [-0.2, 0) is 4.79 Å². The first kappa shape index (κ1) is 11.1. The molecule has 0 fully saturated rings. The molecule has 4 nitrogen and oxygen atoms in total. The molecule has 0 aromatic heterocycles. The molecule has 14 heavy (non-hydrogen) atoms. The zero-order chi connectivity index (χ0) is 10.9. The Morgan fingerprint density at radius 1 is 1.43 bits per heavy atom. The van der Waals surface area contributed by atoms with E-state index in [2.05, 4.69) is 0 Å². The fourth-order valence-corrected chi connectivity index (χ4v) is 1.47. The lowest BCUT2D eigenvalue weighted by Gasteiger charge is -2.10. The third-order valence-electron chi connectivity index (χ3n) is 1.66. The second-order valence-electron chi connectivity index (χ2n) is 2.64. The lowest BCUT2D eigenvalue weighted by Crippen LogP contribution is -2.20. The SMILES string of the molecule is N[C@H](C(=O)O)c1cc(Cl)cc(Cl)c1O. The Morgan fingerprint density at radius 3 is 2.50 bits per heavy atom. The van der Waals surface area contributed by atoms with E-state index in [0.29, 0.717) is 0 Å². The van der Waals surface area contributed by atoms with Crippen LogP contribution < -0.4 is 5.73 Å². The summed E-state index contributed by atoms with van der Waals surface area (Å²) >= 11 is 11.2. The van der Waals surface area contributed by atoms with Crippen molar-refractivity contribution in [1.29, 1.82) is 0 Å². The van der Waals surface area contributed by atoms with Crippen molar-refractivity contribution in [3.8, 4) is 5.75 Å². The minimum absolute atomic E-state index is 0.00463. The third kappa shape index (κ3) is 2.09. The maximum Gasteiger partial charge on any atom is 0.325 e. The highest BCUT2D eigenvalue weighted by atomic mass is 35.5. The number of phenolic OH excluding ortho intramolecular Hbond substituents is 1. The maximum absolute atomic E-state index is 10.6. The van der Waals surface area contributed by atoms with Gasteiger partial charge in [-0.1, -0.05) is 23.2 Å². The number of halogens is 2. The molecule has 4 N–H and O–H groups in total. The van der Waals surface area contributed by atoms with Gasteiger partial charge in [0.05, 0.1) is 5.02 Å². The predicted octanol–water partition coefficient (Wildman–Crippen LogP) is 1.78. The number of phenols is 1. The molecule has 1 aromatic carbocycles. The van der Waals surface area contributed by atoms with E-state index >= 15 is 0 Å². The molecule has 0 aliphatic carbocycles. The van der Waals surface area contributed by atoms with Crippen LogP contribution in [0.2, 0.25) is 10.0 Å². The second-order valence-corrected chi connectivity index (χ2v) is 3.48. The highest BCUT2D eigenvalue weighted by Crippen LogP contribution is 2.34. The number of carboxylic acid groups (broad SMARTS) is 1. The lowest BCUT2D eigenvalue weighted by molar-refractivity contribution is -0.138. The number of carboxylic acids is 1. The molecule has 1 atom stereocenters. The summed E-state index contributed by atoms with van der Waals surface area (Å²) in [6.07, 6.45) is 0. The molecule has 1 aromatic rings. The fourth-order valence-electron chi connectivity index (χ4n) is 0.956. The zero-order valence-electron chi connectivity index (χ0n) is 6.87. The molecular weight excluding hydrogens is 229 g/mol. The van der Waals surface area contributed by atoms with Crippen molar-refractivity contribution in [1.82, 2.24) is 0 Å². The molecule has 0 aliphatic heterocycles. The molecule has 0 amide bonds. The van der Waals surface area contributed by atoms with Gasteiger partial charge in [0.1, 0.15) is 11.8 Å². The van der Waals surface area contributed by atoms with Crippen molar-refractivity contribution in [3.63, 3.8) is 0 Å². The third-order valence-corrected chi connectivity index (χ3v) is 2.17. The molecule has 0 saturated heterocycles. The van der Waals surface area contributed by atoms with Crippen LogP contribution in [0.1, 0.15) is 11.6 Å². The standard InChI is InChI=1S/C8H7Cl2NO3/c9-3-1-4(6(11)8(13)14)7(12)5(10)2-3/h1-2,6,12H,11H2,(H,13,14)/t6-/m0/s1. The van der Waals surface area contributed by atoms with Crippen molar-refractivity contribution in [2.45, 2.75) is 6.04 Å². The Hall–Kier alpha value is -0.970. The zero-order valence-corrected chi connectivity index (χ0v) is 8.38. The Morgan fingerprint density at radius 2 is 2.00 bits per heavy atom. The number of rotatable bonds is 2. The highest BCUT2D eigenvalue weighted by molar-refractivity contribution is 6.35. The van der Waals surface area contributed by atoms with Crippen LogP contribution in [-0.4, -0.2) is 16.2 Å². The number of hydrogen-bond acceptors (Lipinski definition) is 3. The second kappa shape index (κ2) is 4.04. The van der Waals surface area contributed by atoms with Crippen LogP contribution in [0.3, 0.4) is 0 Å². The van der Waals surface area contributed by atoms with Crippen LogP contribution in [0.15, 0.2) is 12.1 Å². The van der Waals surface area contributed by atoms with Gasteiger partial charge in [-0.05, 0) is 12.1 Å². The monoisotopic (exact) mass is 235 g/mol. The summed E-state index contributed by atoms with van der Waals surface area (Å²) in [5.74, 6) is -1.62. The van der Waals surface area contributed by atoms with Crippen molar-refractivity contribution in [3.05, 3.63) is 27.7 Å². The van der Waals surface area contributed by atoms with Gasteiger partial charge in [0, 0.05) is 10.6 Å². The van der Waals surface area contributed by atoms with Crippen molar-refractivity contribution in [2.75, 3.05) is 0 Å². The van der Waals surface area contributed by atoms with Crippen LogP contribution >= 0.6 is 23.2 Å². The molecule has 0 radical (unpaired) electrons. The average molecular weight is 236 g/mol. The summed E-state index contributed by atoms with van der Waals surface area (Å²) in [4.78, 5) is 10.6. The van der Waals surface area contributed by atoms with Crippen LogP contribution in [0, 0.1) is 0 Å². The summed E-state index contributed by atoms with van der Waals surface area (Å²) in [5, 5.41) is 18.2. The quantitative estimate of drug-likeness (QED) is 0.730. The first-order valence-electron chi connectivity index (χ1n) is 3.59. The summed E-state index contributed by atoms with van der Waals surface area (Å²) < 4.78 is 0. The van der Waals surface area contributed by atoms with Gasteiger partial charge in [0.25, 0.3) is 0 Å². The number of nitrogens with two attached hydrogens (primary N) is 1. The van der Waals surface area contributed by atoms with Gasteiger partial charge in [-0.15, -0.1) is 0 Å². The summed E-state index contributed by atoms with van der Waals surface area (Å²) in [5.41, 5.74) is 5.29. The van der Waals surface area contributed by atoms with E-state index in [1.165, 1.54) is 12.1 Å². The molecule has 1 rings (SSSR count). The number of carbonyl (C=O) groups is 1. The molecule has 0 aliphatic rings. The first-order chi connectivity index (χ1) is 6.43. The largest absolute Gasteiger partial charge is 0.506 e. The van der Waals surface area contributed by atoms with Gasteiger partial charge in [-0.25, -0.2) is 0 Å². The molecule has 0 heterocycles. The van der Waals surface area contributed by atoms with Gasteiger partial charge < -0.3 is 15.9 Å². The smallest absolute Gasteiger partial charge is 0.325 e. The molecule has 0 saturated carbocycles. The Kier molecular flexibility index (Phi) is 3.21. The fraction of sp³-hybridized carbons (Fsp3) is 0.125. The summed E-state index contributed by atoms with van der Waals surface area (Å²) in [6.45, 7) is 0. The number of hydrogen-bond donors (Lipinski definition) is 3. The Labute approximate surface area is 89.9 Å². The van der Waals surface area contributed by atoms with Crippen molar-refractivity contribution < 1.29 is 15.0 Å². The molecule has 0 bridgehead atoms. The van der Waals surface area contributed by atoms with Gasteiger partial charge in [0.15, 0.2) is 0 Å². The van der Waals surface area contributed by atoms with Gasteiger partial charge in [0.2, 0.25) is 0 Å². The van der Waals surface area contributed by atoms with Crippen molar-refractivity contribution in [2.24, 2.45) is 5.73 Å². The van der Waals surface area contributed by atoms with E-state index in [0.717, 1.165) is 0 Å². The Bertz CT molecular complexity index is 381. The molecule has 0 spiro atoms. The number of aromatic hydroxyl groups is 1. The van der Waals surface area contributed by atoms with Crippen LogP contribution in [0.4, 0.5) is 0 Å². The van der Waals surface area contributed by atoms with Gasteiger partial charge >= 0.3 is 5.97 Å². The molecular formula is C8H7Cl2NO3. The minimum atomic E-state index is -1.34. The highest BCUT2D eigenvalue weighted by Gasteiger charge is 2.20. The van der Waals surface area contributed by atoms with Crippen molar-refractivity contribution >= 4 is 29.2 Å². The van der Waals surface area contributed by atoms with Gasteiger partial charge in [-0.2, -0.15) is 0 Å². The number of aliphatic carboxylic acids is 1. The van der Waals surface area contributed by atoms with E-state index in [1.54, 1.807) is 0 Å². The normalized spacial score (nSPS) is 12.5. The summed E-state index contributed by atoms with van der Waals surface area (Å²) in [7, 11) is 0. The van der Waals surface area contributed by atoms with Gasteiger partial charge in [-0.3, -0.25) is 4.79 Å². The van der Waals surface area contributed by atoms with E-state index in [9.17, 15) is 9.90 Å². The van der Waals surface area contributed by atoms with Crippen LogP contribution in [0.5, 0.6) is 5.75 Å². The predicted molar refractivity (Wildman–Crippen MR) is 52.7 cm³/mol. The maximum atomic E-state index is 10.6. The molecule has 76 valence electrons. The lowest BCUT2D eigenvalue weighted by atomic mass is 10.1. The molecule has 6 heteroatoms. The topological polar surface area (TPSA) is 83.6 Å². The number of benzene rings is 1. The van der Waals surface area contributed by atoms with Crippen LogP contribution in [0.25, 0.3) is 0 Å². The average Bonchev–Trinajstić information content (AvgIpc) is 2.09. The Balaban J connectivity index is 3.26. The molecule has 0 unspecified atom stereocenters. The first-order valence-corrected chi connectivity index (χ1v) is 4.35. The van der Waals surface area contributed by atoms with E-state index in [-0.39, 0.29) is 21.4 Å². The van der Waals surface area contributed by atoms with E-state index in [4.69, 9.17) is 34.0 Å².